The number of fused-ring (bicyclic) bond motifs is 2. The Hall–Kier alpha value is -5.14. The molecule has 11 nitrogen and oxygen atoms in total. The molecule has 8 rings (SSSR count). The summed E-state index contributed by atoms with van der Waals surface area (Å²) in [5.41, 5.74) is 3.20. The second-order valence-corrected chi connectivity index (χ2v) is 12.2. The number of halogens is 2. The van der Waals surface area contributed by atoms with E-state index in [2.05, 4.69) is 28.7 Å². The molecule has 0 saturated carbocycles. The number of nitrogens with one attached hydrogen (secondary N) is 1. The summed E-state index contributed by atoms with van der Waals surface area (Å²) in [6, 6.07) is 18.1. The number of carbonyl (C=O) groups excluding carboxylic acids is 1. The van der Waals surface area contributed by atoms with Gasteiger partial charge in [-0.2, -0.15) is 0 Å². The molecule has 2 aromatic carbocycles. The normalized spacial score (nSPS) is 18.3. The van der Waals surface area contributed by atoms with Gasteiger partial charge in [0.15, 0.2) is 23.1 Å². The van der Waals surface area contributed by atoms with Crippen LogP contribution in [0.3, 0.4) is 0 Å². The smallest absolute Gasteiger partial charge is 0.282 e. The lowest BCUT2D eigenvalue weighted by atomic mass is 10.0. The molecule has 240 valence electrons. The van der Waals surface area contributed by atoms with Gasteiger partial charge in [0.25, 0.3) is 5.91 Å². The number of rotatable bonds is 7. The molecule has 0 spiro atoms. The van der Waals surface area contributed by atoms with Crippen LogP contribution in [0.15, 0.2) is 79.3 Å². The first-order valence-electron chi connectivity index (χ1n) is 15.6. The van der Waals surface area contributed by atoms with E-state index in [-0.39, 0.29) is 17.9 Å². The predicted octanol–water partition coefficient (Wildman–Crippen LogP) is 3.88. The molecule has 2 fully saturated rings. The molecule has 3 aromatic heterocycles. The van der Waals surface area contributed by atoms with E-state index in [0.29, 0.717) is 53.8 Å². The van der Waals surface area contributed by atoms with Gasteiger partial charge in [0.2, 0.25) is 0 Å². The lowest BCUT2D eigenvalue weighted by Crippen LogP contribution is -2.60. The molecule has 1 N–H and O–H groups in total. The first-order valence-corrected chi connectivity index (χ1v) is 15.6. The molecule has 0 radical (unpaired) electrons. The van der Waals surface area contributed by atoms with Crippen molar-refractivity contribution < 1.29 is 18.3 Å². The van der Waals surface area contributed by atoms with Crippen LogP contribution in [-0.4, -0.2) is 99.0 Å². The van der Waals surface area contributed by atoms with Crippen LogP contribution in [0.25, 0.3) is 34.1 Å². The van der Waals surface area contributed by atoms with Crippen molar-refractivity contribution in [2.24, 2.45) is 0 Å². The summed E-state index contributed by atoms with van der Waals surface area (Å²) < 4.78 is 38.2. The molecule has 1 atom stereocenters. The lowest BCUT2D eigenvalue weighted by molar-refractivity contribution is -0.133. The second kappa shape index (κ2) is 11.6. The number of benzene rings is 2. The van der Waals surface area contributed by atoms with Crippen molar-refractivity contribution in [3.63, 3.8) is 0 Å². The van der Waals surface area contributed by atoms with Crippen molar-refractivity contribution in [1.82, 2.24) is 39.4 Å². The van der Waals surface area contributed by atoms with Crippen LogP contribution < -0.4 is 15.0 Å². The highest BCUT2D eigenvalue weighted by molar-refractivity contribution is 5.91. The zero-order chi connectivity index (χ0) is 32.2. The fourth-order valence-corrected chi connectivity index (χ4v) is 6.47. The van der Waals surface area contributed by atoms with Gasteiger partial charge in [0.1, 0.15) is 29.5 Å². The minimum atomic E-state index is -0.950. The number of carbonyl (C=O) groups is 1. The summed E-state index contributed by atoms with van der Waals surface area (Å²) >= 11 is 0. The SMILES string of the molecule is C=C(F)C(=O)N1CC(NC2COc3cc(-n4c(-c5ccccc5F)nc5ccc(-n6ccc(N7CCN(C)CC7)n6)nc54)ccc32)C1. The Kier molecular flexibility index (Phi) is 7.22. The molecule has 1 amide bonds. The Bertz CT molecular complexity index is 2010. The first kappa shape index (κ1) is 29.3. The monoisotopic (exact) mass is 637 g/mol. The molecule has 2 saturated heterocycles. The Labute approximate surface area is 269 Å². The minimum Gasteiger partial charge on any atom is -0.491 e. The van der Waals surface area contributed by atoms with Crippen LogP contribution in [0.1, 0.15) is 11.6 Å². The van der Waals surface area contributed by atoms with E-state index >= 15 is 4.39 Å². The third kappa shape index (κ3) is 5.30. The van der Waals surface area contributed by atoms with Gasteiger partial charge in [-0.3, -0.25) is 9.36 Å². The number of hydrogen-bond acceptors (Lipinski definition) is 8. The predicted molar refractivity (Wildman–Crippen MR) is 173 cm³/mol. The molecular weight excluding hydrogens is 604 g/mol. The number of imidazole rings is 1. The zero-order valence-corrected chi connectivity index (χ0v) is 25.8. The molecule has 47 heavy (non-hydrogen) atoms. The van der Waals surface area contributed by atoms with E-state index < -0.39 is 11.7 Å². The van der Waals surface area contributed by atoms with Crippen molar-refractivity contribution in [3.8, 4) is 28.6 Å². The van der Waals surface area contributed by atoms with E-state index in [0.717, 1.165) is 43.2 Å². The second-order valence-electron chi connectivity index (χ2n) is 12.2. The van der Waals surface area contributed by atoms with Gasteiger partial charge in [-0.25, -0.2) is 23.4 Å². The van der Waals surface area contributed by atoms with Crippen LogP contribution in [-0.2, 0) is 4.79 Å². The maximum absolute atomic E-state index is 15.2. The third-order valence-corrected chi connectivity index (χ3v) is 9.12. The van der Waals surface area contributed by atoms with Crippen molar-refractivity contribution in [2.75, 3.05) is 57.8 Å². The molecule has 0 bridgehead atoms. The fourth-order valence-electron chi connectivity index (χ4n) is 6.47. The van der Waals surface area contributed by atoms with Gasteiger partial charge in [0, 0.05) is 69.2 Å². The van der Waals surface area contributed by atoms with Crippen LogP contribution >= 0.6 is 0 Å². The van der Waals surface area contributed by atoms with Crippen LogP contribution in [0.5, 0.6) is 5.75 Å². The van der Waals surface area contributed by atoms with Gasteiger partial charge in [0.05, 0.1) is 17.3 Å². The Morgan fingerprint density at radius 1 is 1.00 bits per heavy atom. The number of ether oxygens (including phenoxy) is 1. The van der Waals surface area contributed by atoms with Gasteiger partial charge in [-0.15, -0.1) is 5.10 Å². The van der Waals surface area contributed by atoms with E-state index in [1.165, 1.54) is 11.0 Å². The minimum absolute atomic E-state index is 0.0180. The van der Waals surface area contributed by atoms with Gasteiger partial charge >= 0.3 is 0 Å². The van der Waals surface area contributed by atoms with E-state index in [4.69, 9.17) is 19.8 Å². The third-order valence-electron chi connectivity index (χ3n) is 9.12. The topological polar surface area (TPSA) is 96.6 Å². The van der Waals surface area contributed by atoms with E-state index in [1.807, 2.05) is 47.2 Å². The Morgan fingerprint density at radius 3 is 2.60 bits per heavy atom. The summed E-state index contributed by atoms with van der Waals surface area (Å²) in [7, 11) is 2.12. The number of likely N-dealkylation sites (tertiary alicyclic amines) is 1. The van der Waals surface area contributed by atoms with Crippen LogP contribution in [0.2, 0.25) is 0 Å². The van der Waals surface area contributed by atoms with E-state index in [9.17, 15) is 9.18 Å². The molecule has 3 aliphatic rings. The molecule has 13 heteroatoms. The summed E-state index contributed by atoms with van der Waals surface area (Å²) in [6.07, 6.45) is 1.90. The molecule has 5 aromatic rings. The summed E-state index contributed by atoms with van der Waals surface area (Å²) in [6.45, 7) is 8.08. The molecular formula is C34H33F2N9O2. The van der Waals surface area contributed by atoms with Gasteiger partial charge < -0.3 is 24.8 Å². The van der Waals surface area contributed by atoms with Crippen LogP contribution in [0, 0.1) is 5.82 Å². The lowest BCUT2D eigenvalue weighted by Gasteiger charge is -2.40. The number of anilines is 1. The highest BCUT2D eigenvalue weighted by atomic mass is 19.1. The maximum Gasteiger partial charge on any atom is 0.282 e. The molecule has 3 aliphatic heterocycles. The molecule has 1 unspecified atom stereocenters. The van der Waals surface area contributed by atoms with Gasteiger partial charge in [-0.1, -0.05) is 24.8 Å². The summed E-state index contributed by atoms with van der Waals surface area (Å²) in [5.74, 6) is 0.606. The van der Waals surface area contributed by atoms with Crippen LogP contribution in [0.4, 0.5) is 14.6 Å². The van der Waals surface area contributed by atoms with Crippen molar-refractivity contribution in [3.05, 3.63) is 90.6 Å². The average Bonchev–Trinajstić information content (AvgIpc) is 3.79. The number of pyridine rings is 1. The van der Waals surface area contributed by atoms with Gasteiger partial charge in [-0.05, 0) is 37.4 Å². The number of aromatic nitrogens is 5. The standard InChI is InChI=1S/C34H33F2N9O2/c1-21(35)34(46)43-18-22(19-43)37-28-20-47-29-17-23(7-8-25(28)29)45-32(24-5-3-4-6-26(24)36)38-27-9-10-30(39-33(27)45)44-12-11-31(40-44)42-15-13-41(2)14-16-42/h3-12,17,22,28,37H,1,13-16,18-20H2,2H3. The number of nitrogens with zero attached hydrogens (tertiary/aromatic N) is 8. The number of piperazine rings is 1. The zero-order valence-electron chi connectivity index (χ0n) is 25.8. The highest BCUT2D eigenvalue weighted by Gasteiger charge is 2.36. The number of hydrogen-bond donors (Lipinski definition) is 1. The summed E-state index contributed by atoms with van der Waals surface area (Å²) in [4.78, 5) is 27.7. The largest absolute Gasteiger partial charge is 0.491 e. The first-order chi connectivity index (χ1) is 22.8. The summed E-state index contributed by atoms with van der Waals surface area (Å²) in [5, 5.41) is 8.34. The van der Waals surface area contributed by atoms with E-state index in [1.54, 1.807) is 22.9 Å². The highest BCUT2D eigenvalue weighted by Crippen LogP contribution is 2.37. The number of amides is 1. The molecule has 6 heterocycles. The average molecular weight is 638 g/mol. The van der Waals surface area contributed by atoms with Crippen molar-refractivity contribution in [1.29, 1.82) is 0 Å². The van der Waals surface area contributed by atoms with Crippen molar-refractivity contribution >= 4 is 22.9 Å². The molecule has 0 aliphatic carbocycles. The number of likely N-dealkylation sites (N-methyl/N-ethyl adjacent to an activating group) is 1. The quantitative estimate of drug-likeness (QED) is 0.269. The maximum atomic E-state index is 15.2. The fraction of sp³-hybridized carbons (Fsp3) is 0.294. The Balaban J connectivity index is 1.13. The Morgan fingerprint density at radius 2 is 1.81 bits per heavy atom. The van der Waals surface area contributed by atoms with Crippen molar-refractivity contribution in [2.45, 2.75) is 12.1 Å².